The van der Waals surface area contributed by atoms with Gasteiger partial charge < -0.3 is 20.1 Å². The Morgan fingerprint density at radius 2 is 1.57 bits per heavy atom. The highest BCUT2D eigenvalue weighted by Gasteiger charge is 2.27. The molecule has 2 N–H and O–H groups in total. The summed E-state index contributed by atoms with van der Waals surface area (Å²) in [6.45, 7) is 7.80. The van der Waals surface area contributed by atoms with E-state index in [2.05, 4.69) is 10.6 Å². The molecule has 2 aliphatic rings. The van der Waals surface area contributed by atoms with Crippen LogP contribution < -0.4 is 10.6 Å². The summed E-state index contributed by atoms with van der Waals surface area (Å²) in [7, 11) is 0. The molecule has 1 heterocycles. The number of rotatable bonds is 3. The van der Waals surface area contributed by atoms with Gasteiger partial charge in [0.1, 0.15) is 5.60 Å². The number of hydrogen-bond acceptors (Lipinski definition) is 4. The molecule has 1 saturated carbocycles. The van der Waals surface area contributed by atoms with Crippen molar-refractivity contribution in [2.24, 2.45) is 0 Å². The summed E-state index contributed by atoms with van der Waals surface area (Å²) >= 11 is 0. The third-order valence-electron chi connectivity index (χ3n) is 4.07. The molecule has 0 unspecified atom stereocenters. The van der Waals surface area contributed by atoms with Crippen molar-refractivity contribution in [2.45, 2.75) is 83.1 Å². The molecular formula is C16H30N2O3. The standard InChI is InChI=1S/C16H30N2O3/c1-16(2,3)21-15(19)18-12-4-6-13(7-5-12)20-14-8-10-17-11-9-14/h12-14,17H,4-11H2,1-3H3,(H,18,19). The summed E-state index contributed by atoms with van der Waals surface area (Å²) in [5.41, 5.74) is -0.431. The van der Waals surface area contributed by atoms with E-state index in [1.54, 1.807) is 0 Å². The van der Waals surface area contributed by atoms with Crippen LogP contribution in [-0.4, -0.2) is 43.0 Å². The third kappa shape index (κ3) is 6.22. The summed E-state index contributed by atoms with van der Waals surface area (Å²) in [5.74, 6) is 0. The average Bonchev–Trinajstić information content (AvgIpc) is 2.40. The second-order valence-corrected chi connectivity index (χ2v) is 7.21. The quantitative estimate of drug-likeness (QED) is 0.841. The zero-order valence-corrected chi connectivity index (χ0v) is 13.6. The van der Waals surface area contributed by atoms with Crippen LogP contribution in [0, 0.1) is 0 Å². The summed E-state index contributed by atoms with van der Waals surface area (Å²) in [6.07, 6.45) is 6.76. The molecule has 0 bridgehead atoms. The van der Waals surface area contributed by atoms with Crippen LogP contribution in [0.15, 0.2) is 0 Å². The monoisotopic (exact) mass is 298 g/mol. The topological polar surface area (TPSA) is 59.6 Å². The first kappa shape index (κ1) is 16.6. The molecule has 0 atom stereocenters. The van der Waals surface area contributed by atoms with Crippen LogP contribution in [-0.2, 0) is 9.47 Å². The fourth-order valence-electron chi connectivity index (χ4n) is 3.02. The number of carbonyl (C=O) groups is 1. The Kier molecular flexibility index (Phi) is 5.88. The lowest BCUT2D eigenvalue weighted by Gasteiger charge is -2.33. The first-order valence-corrected chi connectivity index (χ1v) is 8.28. The maximum Gasteiger partial charge on any atom is 0.407 e. The minimum Gasteiger partial charge on any atom is -0.444 e. The number of piperidine rings is 1. The first-order valence-electron chi connectivity index (χ1n) is 8.28. The first-order chi connectivity index (χ1) is 9.92. The molecule has 122 valence electrons. The van der Waals surface area contributed by atoms with E-state index in [0.29, 0.717) is 12.2 Å². The number of nitrogens with one attached hydrogen (secondary N) is 2. The number of hydrogen-bond donors (Lipinski definition) is 2. The largest absolute Gasteiger partial charge is 0.444 e. The fourth-order valence-corrected chi connectivity index (χ4v) is 3.02. The number of carbonyl (C=O) groups excluding carboxylic acids is 1. The van der Waals surface area contributed by atoms with Crippen molar-refractivity contribution < 1.29 is 14.3 Å². The fraction of sp³-hybridized carbons (Fsp3) is 0.938. The summed E-state index contributed by atoms with van der Waals surface area (Å²) in [4.78, 5) is 11.8. The maximum atomic E-state index is 11.8. The van der Waals surface area contributed by atoms with Gasteiger partial charge in [0.2, 0.25) is 0 Å². The van der Waals surface area contributed by atoms with Gasteiger partial charge in [-0.25, -0.2) is 4.79 Å². The highest BCUT2D eigenvalue weighted by atomic mass is 16.6. The Morgan fingerprint density at radius 3 is 2.14 bits per heavy atom. The van der Waals surface area contributed by atoms with Gasteiger partial charge in [0.25, 0.3) is 0 Å². The van der Waals surface area contributed by atoms with E-state index in [9.17, 15) is 4.79 Å². The van der Waals surface area contributed by atoms with Gasteiger partial charge in [-0.15, -0.1) is 0 Å². The van der Waals surface area contributed by atoms with E-state index >= 15 is 0 Å². The average molecular weight is 298 g/mol. The van der Waals surface area contributed by atoms with Crippen molar-refractivity contribution in [1.82, 2.24) is 10.6 Å². The van der Waals surface area contributed by atoms with Gasteiger partial charge in [-0.05, 0) is 72.4 Å². The third-order valence-corrected chi connectivity index (χ3v) is 4.07. The van der Waals surface area contributed by atoms with Gasteiger partial charge in [0, 0.05) is 6.04 Å². The van der Waals surface area contributed by atoms with E-state index < -0.39 is 5.60 Å². The normalized spacial score (nSPS) is 28.1. The SMILES string of the molecule is CC(C)(C)OC(=O)NC1CCC(OC2CCNCC2)CC1. The molecule has 1 aliphatic carbocycles. The Balaban J connectivity index is 1.64. The summed E-state index contributed by atoms with van der Waals surface area (Å²) in [5, 5.41) is 6.33. The van der Waals surface area contributed by atoms with E-state index in [1.807, 2.05) is 20.8 Å². The smallest absolute Gasteiger partial charge is 0.407 e. The van der Waals surface area contributed by atoms with Gasteiger partial charge in [0.15, 0.2) is 0 Å². The summed E-state index contributed by atoms with van der Waals surface area (Å²) < 4.78 is 11.5. The van der Waals surface area contributed by atoms with Crippen LogP contribution in [0.25, 0.3) is 0 Å². The van der Waals surface area contributed by atoms with Crippen molar-refractivity contribution in [3.63, 3.8) is 0 Å². The van der Waals surface area contributed by atoms with E-state index in [0.717, 1.165) is 51.6 Å². The predicted molar refractivity (Wildman–Crippen MR) is 82.4 cm³/mol. The molecule has 1 saturated heterocycles. The second kappa shape index (κ2) is 7.45. The van der Waals surface area contributed by atoms with Gasteiger partial charge in [-0.1, -0.05) is 0 Å². The van der Waals surface area contributed by atoms with E-state index in [-0.39, 0.29) is 12.1 Å². The van der Waals surface area contributed by atoms with Gasteiger partial charge in [-0.2, -0.15) is 0 Å². The number of alkyl carbamates (subject to hydrolysis) is 1. The molecule has 5 heteroatoms. The Hall–Kier alpha value is -0.810. The molecule has 0 aromatic carbocycles. The molecule has 0 aromatic rings. The molecule has 2 rings (SSSR count). The highest BCUT2D eigenvalue weighted by Crippen LogP contribution is 2.24. The zero-order valence-electron chi connectivity index (χ0n) is 13.6. The molecule has 0 radical (unpaired) electrons. The molecule has 1 aliphatic heterocycles. The Morgan fingerprint density at radius 1 is 1.00 bits per heavy atom. The molecular weight excluding hydrogens is 268 g/mol. The van der Waals surface area contributed by atoms with Crippen molar-refractivity contribution in [3.05, 3.63) is 0 Å². The summed E-state index contributed by atoms with van der Waals surface area (Å²) in [6, 6.07) is 0.229. The van der Waals surface area contributed by atoms with Crippen LogP contribution in [0.4, 0.5) is 4.79 Å². The number of ether oxygens (including phenoxy) is 2. The highest BCUT2D eigenvalue weighted by molar-refractivity contribution is 5.68. The van der Waals surface area contributed by atoms with Gasteiger partial charge in [0.05, 0.1) is 12.2 Å². The lowest BCUT2D eigenvalue weighted by atomic mass is 9.92. The second-order valence-electron chi connectivity index (χ2n) is 7.21. The van der Waals surface area contributed by atoms with Crippen LogP contribution in [0.2, 0.25) is 0 Å². The van der Waals surface area contributed by atoms with E-state index in [1.165, 1.54) is 0 Å². The molecule has 2 fully saturated rings. The zero-order chi connectivity index (χ0) is 15.3. The van der Waals surface area contributed by atoms with Crippen LogP contribution in [0.3, 0.4) is 0 Å². The molecule has 21 heavy (non-hydrogen) atoms. The van der Waals surface area contributed by atoms with Crippen molar-refractivity contribution >= 4 is 6.09 Å². The van der Waals surface area contributed by atoms with Gasteiger partial charge in [-0.3, -0.25) is 0 Å². The maximum absolute atomic E-state index is 11.8. The minimum absolute atomic E-state index is 0.229. The van der Waals surface area contributed by atoms with Crippen LogP contribution in [0.5, 0.6) is 0 Å². The lowest BCUT2D eigenvalue weighted by Crippen LogP contribution is -2.43. The number of amides is 1. The molecule has 0 spiro atoms. The lowest BCUT2D eigenvalue weighted by molar-refractivity contribution is -0.0456. The van der Waals surface area contributed by atoms with Crippen LogP contribution >= 0.6 is 0 Å². The van der Waals surface area contributed by atoms with E-state index in [4.69, 9.17) is 9.47 Å². The molecule has 0 aromatic heterocycles. The van der Waals surface area contributed by atoms with Crippen molar-refractivity contribution in [1.29, 1.82) is 0 Å². The van der Waals surface area contributed by atoms with Gasteiger partial charge >= 0.3 is 6.09 Å². The minimum atomic E-state index is -0.431. The molecule has 1 amide bonds. The Labute approximate surface area is 128 Å². The Bertz CT molecular complexity index is 327. The van der Waals surface area contributed by atoms with Crippen molar-refractivity contribution in [2.75, 3.05) is 13.1 Å². The predicted octanol–water partition coefficient (Wildman–Crippen LogP) is 2.59. The van der Waals surface area contributed by atoms with Crippen molar-refractivity contribution in [3.8, 4) is 0 Å². The molecule has 5 nitrogen and oxygen atoms in total. The van der Waals surface area contributed by atoms with Crippen LogP contribution in [0.1, 0.15) is 59.3 Å².